The van der Waals surface area contributed by atoms with E-state index < -0.39 is 17.9 Å². The molecule has 2 rings (SSSR count). The molecule has 1 aromatic carbocycles. The average molecular weight is 188 g/mol. The Morgan fingerprint density at radius 2 is 2.15 bits per heavy atom. The van der Waals surface area contributed by atoms with Crippen LogP contribution in [0.3, 0.4) is 0 Å². The molecule has 0 aromatic heterocycles. The lowest BCUT2D eigenvalue weighted by molar-refractivity contribution is -0.165. The molecular formula is C8H6F2O3. The first-order chi connectivity index (χ1) is 6.20. The third-order valence-corrected chi connectivity index (χ3v) is 1.78. The number of hydrogen-bond acceptors (Lipinski definition) is 3. The molecule has 0 bridgehead atoms. The van der Waals surface area contributed by atoms with Gasteiger partial charge in [0.15, 0.2) is 24.6 Å². The largest absolute Gasteiger partial charge is 0.464 e. The maximum Gasteiger partial charge on any atom is 0.201 e. The van der Waals surface area contributed by atoms with Gasteiger partial charge in [-0.15, -0.1) is 0 Å². The fraction of sp³-hybridized carbons (Fsp3) is 0.250. The van der Waals surface area contributed by atoms with E-state index in [-0.39, 0.29) is 18.1 Å². The number of benzene rings is 1. The summed E-state index contributed by atoms with van der Waals surface area (Å²) in [5, 5.41) is 9.19. The maximum absolute atomic E-state index is 13.0. The Kier molecular flexibility index (Phi) is 1.90. The van der Waals surface area contributed by atoms with Crippen molar-refractivity contribution in [2.45, 2.75) is 6.29 Å². The summed E-state index contributed by atoms with van der Waals surface area (Å²) in [6.45, 7) is -0.283. The fourth-order valence-corrected chi connectivity index (χ4v) is 1.14. The monoisotopic (exact) mass is 188 g/mol. The molecule has 0 spiro atoms. The van der Waals surface area contributed by atoms with Crippen molar-refractivity contribution < 1.29 is 23.4 Å². The van der Waals surface area contributed by atoms with Crippen LogP contribution in [0.25, 0.3) is 0 Å². The third kappa shape index (κ3) is 1.26. The predicted molar refractivity (Wildman–Crippen MR) is 37.9 cm³/mol. The summed E-state index contributed by atoms with van der Waals surface area (Å²) in [6.07, 6.45) is -1.25. The van der Waals surface area contributed by atoms with E-state index in [2.05, 4.69) is 4.74 Å². The van der Waals surface area contributed by atoms with Gasteiger partial charge in [0, 0.05) is 0 Å². The summed E-state index contributed by atoms with van der Waals surface area (Å²) in [7, 11) is 0. The van der Waals surface area contributed by atoms with Crippen molar-refractivity contribution in [3.8, 4) is 5.75 Å². The van der Waals surface area contributed by atoms with Gasteiger partial charge in [-0.1, -0.05) is 0 Å². The second kappa shape index (κ2) is 2.93. The zero-order valence-corrected chi connectivity index (χ0v) is 6.46. The molecule has 0 amide bonds. The van der Waals surface area contributed by atoms with E-state index in [4.69, 9.17) is 4.74 Å². The molecule has 70 valence electrons. The van der Waals surface area contributed by atoms with Crippen LogP contribution >= 0.6 is 0 Å². The summed E-state index contributed by atoms with van der Waals surface area (Å²) < 4.78 is 35.0. The van der Waals surface area contributed by atoms with Crippen molar-refractivity contribution in [3.05, 3.63) is 29.3 Å². The zero-order chi connectivity index (χ0) is 9.42. The smallest absolute Gasteiger partial charge is 0.201 e. The number of halogens is 2. The van der Waals surface area contributed by atoms with Gasteiger partial charge < -0.3 is 14.6 Å². The van der Waals surface area contributed by atoms with Crippen LogP contribution in [0.1, 0.15) is 11.9 Å². The summed E-state index contributed by atoms with van der Waals surface area (Å²) in [6, 6.07) is 2.13. The molecule has 0 saturated heterocycles. The van der Waals surface area contributed by atoms with Crippen LogP contribution in [0.2, 0.25) is 0 Å². The van der Waals surface area contributed by atoms with Crippen molar-refractivity contribution in [1.29, 1.82) is 0 Å². The van der Waals surface area contributed by atoms with Gasteiger partial charge in [0.1, 0.15) is 0 Å². The number of hydrogen-bond donors (Lipinski definition) is 1. The molecule has 1 N–H and O–H groups in total. The van der Waals surface area contributed by atoms with Gasteiger partial charge >= 0.3 is 0 Å². The Labute approximate surface area is 72.5 Å². The van der Waals surface area contributed by atoms with E-state index in [0.717, 1.165) is 6.07 Å². The summed E-state index contributed by atoms with van der Waals surface area (Å²) >= 11 is 0. The molecule has 0 radical (unpaired) electrons. The number of rotatable bonds is 0. The Hall–Kier alpha value is -1.20. The lowest BCUT2D eigenvalue weighted by Crippen LogP contribution is -2.18. The quantitative estimate of drug-likeness (QED) is 0.667. The normalized spacial score (nSPS) is 20.7. The SMILES string of the molecule is OC1OCOc2c1ccc(F)c2F. The molecule has 1 heterocycles. The number of fused-ring (bicyclic) bond motifs is 1. The van der Waals surface area contributed by atoms with Gasteiger partial charge in [0.2, 0.25) is 5.82 Å². The first-order valence-electron chi connectivity index (χ1n) is 3.60. The number of aliphatic hydroxyl groups is 1. The van der Waals surface area contributed by atoms with E-state index in [0.29, 0.717) is 0 Å². The first kappa shape index (κ1) is 8.40. The molecule has 1 aliphatic heterocycles. The molecule has 0 aliphatic carbocycles. The topological polar surface area (TPSA) is 38.7 Å². The Bertz CT molecular complexity index is 340. The van der Waals surface area contributed by atoms with E-state index in [1.807, 2.05) is 0 Å². The molecule has 5 heteroatoms. The maximum atomic E-state index is 13.0. The van der Waals surface area contributed by atoms with Crippen LogP contribution in [-0.2, 0) is 4.74 Å². The van der Waals surface area contributed by atoms with Crippen molar-refractivity contribution in [2.24, 2.45) is 0 Å². The second-order valence-corrected chi connectivity index (χ2v) is 2.56. The van der Waals surface area contributed by atoms with Gasteiger partial charge in [0.25, 0.3) is 0 Å². The van der Waals surface area contributed by atoms with Gasteiger partial charge in [0.05, 0.1) is 5.56 Å². The van der Waals surface area contributed by atoms with Crippen molar-refractivity contribution in [1.82, 2.24) is 0 Å². The van der Waals surface area contributed by atoms with E-state index in [1.54, 1.807) is 0 Å². The van der Waals surface area contributed by atoms with Crippen molar-refractivity contribution in [2.75, 3.05) is 6.79 Å². The van der Waals surface area contributed by atoms with E-state index in [9.17, 15) is 13.9 Å². The van der Waals surface area contributed by atoms with E-state index in [1.165, 1.54) is 6.07 Å². The standard InChI is InChI=1S/C8H6F2O3/c9-5-2-1-4-7(6(5)10)12-3-13-8(4)11/h1-2,8,11H,3H2. The Morgan fingerprint density at radius 3 is 2.92 bits per heavy atom. The fourth-order valence-electron chi connectivity index (χ4n) is 1.14. The number of ether oxygens (including phenoxy) is 2. The van der Waals surface area contributed by atoms with Crippen LogP contribution < -0.4 is 4.74 Å². The highest BCUT2D eigenvalue weighted by molar-refractivity contribution is 5.37. The van der Waals surface area contributed by atoms with Crippen molar-refractivity contribution in [3.63, 3.8) is 0 Å². The van der Waals surface area contributed by atoms with E-state index >= 15 is 0 Å². The molecule has 1 aliphatic rings. The third-order valence-electron chi connectivity index (χ3n) is 1.78. The van der Waals surface area contributed by atoms with Crippen LogP contribution in [0.5, 0.6) is 5.75 Å². The van der Waals surface area contributed by atoms with Gasteiger partial charge in [-0.2, -0.15) is 4.39 Å². The highest BCUT2D eigenvalue weighted by atomic mass is 19.2. The highest BCUT2D eigenvalue weighted by Gasteiger charge is 2.24. The lowest BCUT2D eigenvalue weighted by Gasteiger charge is -2.22. The van der Waals surface area contributed by atoms with Crippen LogP contribution in [0.4, 0.5) is 8.78 Å². The summed E-state index contributed by atoms with van der Waals surface area (Å²) in [5.41, 5.74) is 0.102. The summed E-state index contributed by atoms with van der Waals surface area (Å²) in [4.78, 5) is 0. The van der Waals surface area contributed by atoms with Crippen LogP contribution in [-0.4, -0.2) is 11.9 Å². The average Bonchev–Trinajstić information content (AvgIpc) is 2.12. The minimum Gasteiger partial charge on any atom is -0.464 e. The minimum atomic E-state index is -1.25. The van der Waals surface area contributed by atoms with Crippen LogP contribution in [0.15, 0.2) is 12.1 Å². The molecular weight excluding hydrogens is 182 g/mol. The first-order valence-corrected chi connectivity index (χ1v) is 3.60. The molecule has 3 nitrogen and oxygen atoms in total. The lowest BCUT2D eigenvalue weighted by atomic mass is 10.1. The molecule has 1 atom stereocenters. The number of aliphatic hydroxyl groups excluding tert-OH is 1. The van der Waals surface area contributed by atoms with Gasteiger partial charge in [-0.05, 0) is 12.1 Å². The molecule has 1 unspecified atom stereocenters. The molecule has 0 fully saturated rings. The molecule has 1 aromatic rings. The Balaban J connectivity index is 2.56. The zero-order valence-electron chi connectivity index (χ0n) is 6.46. The predicted octanol–water partition coefficient (Wildman–Crippen LogP) is 1.32. The van der Waals surface area contributed by atoms with Gasteiger partial charge in [-0.25, -0.2) is 4.39 Å². The Morgan fingerprint density at radius 1 is 1.38 bits per heavy atom. The summed E-state index contributed by atoms with van der Waals surface area (Å²) in [5.74, 6) is -2.38. The highest BCUT2D eigenvalue weighted by Crippen LogP contribution is 2.33. The van der Waals surface area contributed by atoms with Crippen molar-refractivity contribution >= 4 is 0 Å². The van der Waals surface area contributed by atoms with Crippen LogP contribution in [0, 0.1) is 11.6 Å². The minimum absolute atomic E-state index is 0.102. The van der Waals surface area contributed by atoms with Gasteiger partial charge in [-0.3, -0.25) is 0 Å². The molecule has 0 saturated carbocycles. The molecule has 13 heavy (non-hydrogen) atoms. The second-order valence-electron chi connectivity index (χ2n) is 2.56.